The van der Waals surface area contributed by atoms with E-state index in [9.17, 15) is 4.79 Å². The third-order valence-corrected chi connectivity index (χ3v) is 4.89. The van der Waals surface area contributed by atoms with Crippen molar-refractivity contribution < 1.29 is 4.79 Å². The molecule has 1 amide bonds. The van der Waals surface area contributed by atoms with E-state index in [4.69, 9.17) is 5.73 Å². The number of fused-ring (bicyclic) bond motifs is 2. The summed E-state index contributed by atoms with van der Waals surface area (Å²) in [6.07, 6.45) is 5.32. The molecule has 2 aliphatic rings. The highest BCUT2D eigenvalue weighted by molar-refractivity contribution is 5.85. The van der Waals surface area contributed by atoms with Crippen molar-refractivity contribution in [3.05, 3.63) is 65.0 Å². The van der Waals surface area contributed by atoms with Gasteiger partial charge in [0, 0.05) is 31.5 Å². The standard InChI is InChI=1S/C18H19N3O/c19-17-9-16(14-3-1-2-4-15(14)17)18(22)21-8-6-12-10-20-7-5-13(12)11-21/h1-5,7,10,16-17H,6,8-9,11,19H2. The van der Waals surface area contributed by atoms with Crippen LogP contribution in [0.15, 0.2) is 42.7 Å². The second-order valence-electron chi connectivity index (χ2n) is 6.18. The first-order valence-corrected chi connectivity index (χ1v) is 7.79. The summed E-state index contributed by atoms with van der Waals surface area (Å²) in [7, 11) is 0. The van der Waals surface area contributed by atoms with E-state index in [1.54, 1.807) is 6.20 Å². The molecule has 2 atom stereocenters. The largest absolute Gasteiger partial charge is 0.337 e. The number of amides is 1. The Hall–Kier alpha value is -2.20. The molecular formula is C18H19N3O. The molecule has 1 aromatic heterocycles. The molecule has 0 saturated heterocycles. The van der Waals surface area contributed by atoms with Crippen molar-refractivity contribution in [2.45, 2.75) is 31.3 Å². The van der Waals surface area contributed by atoms with Crippen LogP contribution in [0.5, 0.6) is 0 Å². The van der Waals surface area contributed by atoms with Crippen molar-refractivity contribution in [2.75, 3.05) is 6.54 Å². The predicted octanol–water partition coefficient (Wildman–Crippen LogP) is 2.15. The summed E-state index contributed by atoms with van der Waals surface area (Å²) in [5.41, 5.74) is 10.9. The van der Waals surface area contributed by atoms with Crippen LogP contribution < -0.4 is 5.73 Å². The van der Waals surface area contributed by atoms with Gasteiger partial charge in [0.05, 0.1) is 5.92 Å². The monoisotopic (exact) mass is 293 g/mol. The molecule has 4 rings (SSSR count). The maximum absolute atomic E-state index is 13.0. The summed E-state index contributed by atoms with van der Waals surface area (Å²) >= 11 is 0. The van der Waals surface area contributed by atoms with E-state index in [0.717, 1.165) is 30.5 Å². The lowest BCUT2D eigenvalue weighted by Gasteiger charge is -2.31. The number of hydrogen-bond acceptors (Lipinski definition) is 3. The van der Waals surface area contributed by atoms with Crippen LogP contribution in [-0.2, 0) is 17.8 Å². The number of hydrogen-bond donors (Lipinski definition) is 1. The SMILES string of the molecule is NC1CC(C(=O)N2CCc3cnccc3C2)c2ccccc21. The van der Waals surface area contributed by atoms with Crippen molar-refractivity contribution in [2.24, 2.45) is 5.73 Å². The van der Waals surface area contributed by atoms with Crippen molar-refractivity contribution >= 4 is 5.91 Å². The van der Waals surface area contributed by atoms with Gasteiger partial charge in [-0.2, -0.15) is 0 Å². The predicted molar refractivity (Wildman–Crippen MR) is 84.1 cm³/mol. The zero-order valence-corrected chi connectivity index (χ0v) is 12.4. The molecule has 0 bridgehead atoms. The minimum atomic E-state index is -0.0883. The maximum Gasteiger partial charge on any atom is 0.230 e. The number of carbonyl (C=O) groups excluding carboxylic acids is 1. The molecule has 22 heavy (non-hydrogen) atoms. The minimum absolute atomic E-state index is 0.0218. The summed E-state index contributed by atoms with van der Waals surface area (Å²) in [6.45, 7) is 1.45. The molecule has 2 aromatic rings. The van der Waals surface area contributed by atoms with E-state index in [1.807, 2.05) is 41.4 Å². The highest BCUT2D eigenvalue weighted by Crippen LogP contribution is 2.40. The smallest absolute Gasteiger partial charge is 0.230 e. The fraction of sp³-hybridized carbons (Fsp3) is 0.333. The van der Waals surface area contributed by atoms with Gasteiger partial charge in [-0.25, -0.2) is 0 Å². The number of carbonyl (C=O) groups is 1. The van der Waals surface area contributed by atoms with E-state index in [2.05, 4.69) is 4.98 Å². The summed E-state index contributed by atoms with van der Waals surface area (Å²) in [4.78, 5) is 19.1. The molecule has 0 saturated carbocycles. The van der Waals surface area contributed by atoms with Crippen molar-refractivity contribution in [1.29, 1.82) is 0 Å². The zero-order valence-electron chi connectivity index (χ0n) is 12.4. The molecule has 1 aliphatic carbocycles. The molecule has 2 N–H and O–H groups in total. The van der Waals surface area contributed by atoms with E-state index >= 15 is 0 Å². The van der Waals surface area contributed by atoms with Gasteiger partial charge >= 0.3 is 0 Å². The van der Waals surface area contributed by atoms with Gasteiger partial charge in [-0.05, 0) is 41.2 Å². The van der Waals surface area contributed by atoms with Crippen LogP contribution in [0.2, 0.25) is 0 Å². The Morgan fingerprint density at radius 3 is 2.86 bits per heavy atom. The highest BCUT2D eigenvalue weighted by Gasteiger charge is 2.36. The molecule has 1 aromatic carbocycles. The summed E-state index contributed by atoms with van der Waals surface area (Å²) in [5.74, 6) is 0.123. The van der Waals surface area contributed by atoms with E-state index in [-0.39, 0.29) is 17.9 Å². The molecule has 0 fully saturated rings. The van der Waals surface area contributed by atoms with Crippen LogP contribution >= 0.6 is 0 Å². The van der Waals surface area contributed by atoms with Crippen molar-refractivity contribution in [1.82, 2.24) is 9.88 Å². The molecule has 4 heteroatoms. The lowest BCUT2D eigenvalue weighted by Crippen LogP contribution is -2.38. The second-order valence-corrected chi connectivity index (χ2v) is 6.18. The number of rotatable bonds is 1. The molecule has 4 nitrogen and oxygen atoms in total. The zero-order chi connectivity index (χ0) is 15.1. The number of benzene rings is 1. The molecule has 2 heterocycles. The quantitative estimate of drug-likeness (QED) is 0.876. The topological polar surface area (TPSA) is 59.2 Å². The summed E-state index contributed by atoms with van der Waals surface area (Å²) < 4.78 is 0. The van der Waals surface area contributed by atoms with Gasteiger partial charge in [0.2, 0.25) is 5.91 Å². The summed E-state index contributed by atoms with van der Waals surface area (Å²) in [5, 5.41) is 0. The van der Waals surface area contributed by atoms with Crippen LogP contribution in [0.3, 0.4) is 0 Å². The van der Waals surface area contributed by atoms with Gasteiger partial charge in [0.25, 0.3) is 0 Å². The lowest BCUT2D eigenvalue weighted by molar-refractivity contribution is -0.133. The Labute approximate surface area is 130 Å². The van der Waals surface area contributed by atoms with Crippen LogP contribution in [-0.4, -0.2) is 22.3 Å². The molecule has 112 valence electrons. The number of nitrogens with zero attached hydrogens (tertiary/aromatic N) is 2. The molecular weight excluding hydrogens is 274 g/mol. The van der Waals surface area contributed by atoms with Crippen LogP contribution in [0.4, 0.5) is 0 Å². The molecule has 0 spiro atoms. The first-order chi connectivity index (χ1) is 10.7. The van der Waals surface area contributed by atoms with Gasteiger partial charge in [-0.15, -0.1) is 0 Å². The highest BCUT2D eigenvalue weighted by atomic mass is 16.2. The minimum Gasteiger partial charge on any atom is -0.337 e. The Bertz CT molecular complexity index is 728. The van der Waals surface area contributed by atoms with Gasteiger partial charge in [-0.1, -0.05) is 24.3 Å². The third kappa shape index (κ3) is 2.11. The van der Waals surface area contributed by atoms with Gasteiger partial charge < -0.3 is 10.6 Å². The molecule has 0 radical (unpaired) electrons. The number of pyridine rings is 1. The van der Waals surface area contributed by atoms with E-state index in [1.165, 1.54) is 11.1 Å². The Morgan fingerprint density at radius 1 is 1.18 bits per heavy atom. The Morgan fingerprint density at radius 2 is 2.00 bits per heavy atom. The van der Waals surface area contributed by atoms with Crippen molar-refractivity contribution in [3.63, 3.8) is 0 Å². The van der Waals surface area contributed by atoms with E-state index in [0.29, 0.717) is 6.54 Å². The average molecular weight is 293 g/mol. The first-order valence-electron chi connectivity index (χ1n) is 7.79. The van der Waals surface area contributed by atoms with Gasteiger partial charge in [-0.3, -0.25) is 9.78 Å². The lowest BCUT2D eigenvalue weighted by atomic mass is 9.96. The van der Waals surface area contributed by atoms with Crippen molar-refractivity contribution in [3.8, 4) is 0 Å². The molecule has 2 unspecified atom stereocenters. The van der Waals surface area contributed by atoms with Gasteiger partial charge in [0.1, 0.15) is 0 Å². The number of nitrogens with two attached hydrogens (primary N) is 1. The second kappa shape index (κ2) is 5.21. The fourth-order valence-electron chi connectivity index (χ4n) is 3.69. The average Bonchev–Trinajstić information content (AvgIpc) is 2.91. The fourth-order valence-corrected chi connectivity index (χ4v) is 3.69. The Kier molecular flexibility index (Phi) is 3.19. The molecule has 1 aliphatic heterocycles. The normalized spacial score (nSPS) is 23.0. The van der Waals surface area contributed by atoms with Crippen LogP contribution in [0.25, 0.3) is 0 Å². The summed E-state index contributed by atoms with van der Waals surface area (Å²) in [6, 6.07) is 10.1. The van der Waals surface area contributed by atoms with Gasteiger partial charge in [0.15, 0.2) is 0 Å². The van der Waals surface area contributed by atoms with E-state index < -0.39 is 0 Å². The third-order valence-electron chi connectivity index (χ3n) is 4.89. The Balaban J connectivity index is 1.59. The maximum atomic E-state index is 13.0. The number of aromatic nitrogens is 1. The first kappa shape index (κ1) is 13.5. The van der Waals surface area contributed by atoms with Crippen LogP contribution in [0.1, 0.15) is 40.6 Å². The van der Waals surface area contributed by atoms with Crippen LogP contribution in [0, 0.1) is 0 Å².